The van der Waals surface area contributed by atoms with Gasteiger partial charge in [-0.05, 0) is 33.3 Å². The van der Waals surface area contributed by atoms with Crippen molar-refractivity contribution in [1.29, 1.82) is 0 Å². The molecule has 3 aromatic heterocycles. The quantitative estimate of drug-likeness (QED) is 0.807. The van der Waals surface area contributed by atoms with E-state index in [1.54, 1.807) is 11.3 Å². The SMILES string of the molecule is Cc1csc(CCn2c(C)c(C)c3c(N)nc(C)nc32)n1. The zero-order valence-electron chi connectivity index (χ0n) is 12.8. The maximum Gasteiger partial charge on any atom is 0.146 e. The summed E-state index contributed by atoms with van der Waals surface area (Å²) in [5.74, 6) is 1.28. The summed E-state index contributed by atoms with van der Waals surface area (Å²) in [4.78, 5) is 13.4. The maximum atomic E-state index is 6.08. The van der Waals surface area contributed by atoms with E-state index >= 15 is 0 Å². The molecule has 0 unspecified atom stereocenters. The van der Waals surface area contributed by atoms with Crippen LogP contribution in [0.4, 0.5) is 5.82 Å². The minimum Gasteiger partial charge on any atom is -0.383 e. The zero-order chi connectivity index (χ0) is 15.1. The lowest BCUT2D eigenvalue weighted by atomic mass is 10.2. The number of thiazole rings is 1. The normalized spacial score (nSPS) is 11.4. The summed E-state index contributed by atoms with van der Waals surface area (Å²) in [5.41, 5.74) is 10.5. The number of nitrogens with zero attached hydrogens (tertiary/aromatic N) is 4. The number of anilines is 1. The van der Waals surface area contributed by atoms with Crippen molar-refractivity contribution < 1.29 is 0 Å². The number of hydrogen-bond donors (Lipinski definition) is 1. The van der Waals surface area contributed by atoms with Gasteiger partial charge in [0.25, 0.3) is 0 Å². The van der Waals surface area contributed by atoms with E-state index in [4.69, 9.17) is 5.73 Å². The van der Waals surface area contributed by atoms with Crippen molar-refractivity contribution in [2.24, 2.45) is 0 Å². The van der Waals surface area contributed by atoms with Crippen molar-refractivity contribution in [1.82, 2.24) is 19.5 Å². The molecule has 3 rings (SSSR count). The van der Waals surface area contributed by atoms with Crippen LogP contribution in [0.15, 0.2) is 5.38 Å². The second kappa shape index (κ2) is 5.11. The molecule has 0 aliphatic carbocycles. The van der Waals surface area contributed by atoms with E-state index in [-0.39, 0.29) is 0 Å². The Morgan fingerprint density at radius 2 is 1.90 bits per heavy atom. The van der Waals surface area contributed by atoms with Gasteiger partial charge in [0.05, 0.1) is 10.4 Å². The highest BCUT2D eigenvalue weighted by Gasteiger charge is 2.16. The molecule has 0 radical (unpaired) electrons. The lowest BCUT2D eigenvalue weighted by Crippen LogP contribution is -2.05. The highest BCUT2D eigenvalue weighted by Crippen LogP contribution is 2.28. The molecule has 0 amide bonds. The minimum atomic E-state index is 0.571. The molecule has 0 saturated carbocycles. The lowest BCUT2D eigenvalue weighted by molar-refractivity contribution is 0.690. The van der Waals surface area contributed by atoms with Gasteiger partial charge in [0.1, 0.15) is 17.3 Å². The Hall–Kier alpha value is -1.95. The van der Waals surface area contributed by atoms with E-state index in [1.807, 2.05) is 13.8 Å². The number of rotatable bonds is 3. The van der Waals surface area contributed by atoms with Crippen molar-refractivity contribution in [3.63, 3.8) is 0 Å². The molecule has 0 fully saturated rings. The Morgan fingerprint density at radius 1 is 1.14 bits per heavy atom. The van der Waals surface area contributed by atoms with Gasteiger partial charge in [0.15, 0.2) is 0 Å². The van der Waals surface area contributed by atoms with Gasteiger partial charge in [-0.15, -0.1) is 11.3 Å². The van der Waals surface area contributed by atoms with Crippen LogP contribution >= 0.6 is 11.3 Å². The summed E-state index contributed by atoms with van der Waals surface area (Å²) in [5, 5.41) is 4.23. The summed E-state index contributed by atoms with van der Waals surface area (Å²) in [6, 6.07) is 0. The molecule has 0 aliphatic rings. The van der Waals surface area contributed by atoms with E-state index < -0.39 is 0 Å². The van der Waals surface area contributed by atoms with Crippen molar-refractivity contribution in [2.75, 3.05) is 5.73 Å². The summed E-state index contributed by atoms with van der Waals surface area (Å²) >= 11 is 1.71. The van der Waals surface area contributed by atoms with Crippen molar-refractivity contribution in [2.45, 2.75) is 40.7 Å². The Morgan fingerprint density at radius 3 is 2.57 bits per heavy atom. The third-order valence-electron chi connectivity index (χ3n) is 3.82. The average Bonchev–Trinajstić information content (AvgIpc) is 2.92. The summed E-state index contributed by atoms with van der Waals surface area (Å²) in [7, 11) is 0. The topological polar surface area (TPSA) is 69.6 Å². The van der Waals surface area contributed by atoms with Gasteiger partial charge in [0, 0.05) is 29.7 Å². The van der Waals surface area contributed by atoms with E-state index in [0.717, 1.165) is 40.3 Å². The van der Waals surface area contributed by atoms with Crippen molar-refractivity contribution >= 4 is 28.2 Å². The molecule has 6 heteroatoms. The Bertz CT molecular complexity index is 815. The Labute approximate surface area is 127 Å². The molecular formula is C15H19N5S. The first-order chi connectivity index (χ1) is 9.97. The fourth-order valence-electron chi connectivity index (χ4n) is 2.67. The van der Waals surface area contributed by atoms with Crippen LogP contribution in [-0.4, -0.2) is 19.5 Å². The molecule has 0 aliphatic heterocycles. The van der Waals surface area contributed by atoms with Crippen LogP contribution in [0.25, 0.3) is 11.0 Å². The summed E-state index contributed by atoms with van der Waals surface area (Å²) in [6.07, 6.45) is 0.908. The van der Waals surface area contributed by atoms with Gasteiger partial charge in [-0.3, -0.25) is 0 Å². The molecule has 0 bridgehead atoms. The maximum absolute atomic E-state index is 6.08. The van der Waals surface area contributed by atoms with Crippen molar-refractivity contribution in [3.8, 4) is 0 Å². The molecule has 21 heavy (non-hydrogen) atoms. The van der Waals surface area contributed by atoms with Crippen LogP contribution in [0.3, 0.4) is 0 Å². The van der Waals surface area contributed by atoms with Crippen LogP contribution in [0.2, 0.25) is 0 Å². The van der Waals surface area contributed by atoms with Gasteiger partial charge in [0.2, 0.25) is 0 Å². The number of hydrogen-bond acceptors (Lipinski definition) is 5. The monoisotopic (exact) mass is 301 g/mol. The summed E-state index contributed by atoms with van der Waals surface area (Å²) in [6.45, 7) is 8.95. The Kier molecular flexibility index (Phi) is 3.41. The molecule has 3 aromatic rings. The average molecular weight is 301 g/mol. The van der Waals surface area contributed by atoms with Crippen molar-refractivity contribution in [3.05, 3.63) is 33.2 Å². The van der Waals surface area contributed by atoms with Crippen LogP contribution in [0.5, 0.6) is 0 Å². The molecule has 0 aromatic carbocycles. The predicted octanol–water partition coefficient (Wildman–Crippen LogP) is 2.95. The molecule has 110 valence electrons. The van der Waals surface area contributed by atoms with E-state index in [0.29, 0.717) is 11.6 Å². The number of aryl methyl sites for hydroxylation is 5. The third-order valence-corrected chi connectivity index (χ3v) is 4.85. The molecule has 5 nitrogen and oxygen atoms in total. The predicted molar refractivity (Wildman–Crippen MR) is 86.7 cm³/mol. The number of aromatic nitrogens is 4. The first kappa shape index (κ1) is 14.0. The first-order valence-electron chi connectivity index (χ1n) is 6.98. The first-order valence-corrected chi connectivity index (χ1v) is 7.86. The van der Waals surface area contributed by atoms with Gasteiger partial charge in [-0.2, -0.15) is 0 Å². The number of fused-ring (bicyclic) bond motifs is 1. The van der Waals surface area contributed by atoms with E-state index in [2.05, 4.69) is 38.7 Å². The number of nitrogens with two attached hydrogens (primary N) is 1. The van der Waals surface area contributed by atoms with Gasteiger partial charge >= 0.3 is 0 Å². The number of nitrogen functional groups attached to an aromatic ring is 1. The molecule has 0 saturated heterocycles. The minimum absolute atomic E-state index is 0.571. The fraction of sp³-hybridized carbons (Fsp3) is 0.400. The summed E-state index contributed by atoms with van der Waals surface area (Å²) < 4.78 is 2.23. The van der Waals surface area contributed by atoms with Gasteiger partial charge in [-0.1, -0.05) is 0 Å². The highest BCUT2D eigenvalue weighted by atomic mass is 32.1. The Balaban J connectivity index is 2.03. The third kappa shape index (κ3) is 2.40. The second-order valence-electron chi connectivity index (χ2n) is 5.35. The molecule has 3 heterocycles. The zero-order valence-corrected chi connectivity index (χ0v) is 13.6. The molecular weight excluding hydrogens is 282 g/mol. The molecule has 2 N–H and O–H groups in total. The molecule has 0 atom stereocenters. The highest BCUT2D eigenvalue weighted by molar-refractivity contribution is 7.09. The van der Waals surface area contributed by atoms with Crippen LogP contribution in [0, 0.1) is 27.7 Å². The fourth-order valence-corrected chi connectivity index (χ4v) is 3.44. The standard InChI is InChI=1S/C15H19N5S/c1-8-7-21-12(17-8)5-6-20-10(3)9(2)13-14(16)18-11(4)19-15(13)20/h7H,5-6H2,1-4H3,(H2,16,18,19). The van der Waals surface area contributed by atoms with Crippen LogP contribution in [-0.2, 0) is 13.0 Å². The van der Waals surface area contributed by atoms with Gasteiger partial charge in [-0.25, -0.2) is 15.0 Å². The van der Waals surface area contributed by atoms with E-state index in [9.17, 15) is 0 Å². The van der Waals surface area contributed by atoms with Crippen LogP contribution < -0.4 is 5.73 Å². The second-order valence-corrected chi connectivity index (χ2v) is 6.29. The van der Waals surface area contributed by atoms with E-state index in [1.165, 1.54) is 5.69 Å². The largest absolute Gasteiger partial charge is 0.383 e. The smallest absolute Gasteiger partial charge is 0.146 e. The molecule has 0 spiro atoms. The lowest BCUT2D eigenvalue weighted by Gasteiger charge is -2.07. The van der Waals surface area contributed by atoms with Crippen LogP contribution in [0.1, 0.15) is 27.8 Å². The van der Waals surface area contributed by atoms with Gasteiger partial charge < -0.3 is 10.3 Å².